The third kappa shape index (κ3) is 2.54. The van der Waals surface area contributed by atoms with Gasteiger partial charge in [0, 0.05) is 30.8 Å². The molecule has 0 radical (unpaired) electrons. The lowest BCUT2D eigenvalue weighted by Gasteiger charge is -2.32. The second-order valence-corrected chi connectivity index (χ2v) is 5.15. The van der Waals surface area contributed by atoms with Gasteiger partial charge < -0.3 is 10.6 Å². The molecule has 0 amide bonds. The van der Waals surface area contributed by atoms with Gasteiger partial charge in [0.1, 0.15) is 11.6 Å². The molecule has 0 spiro atoms. The molecule has 5 nitrogen and oxygen atoms in total. The van der Waals surface area contributed by atoms with Gasteiger partial charge >= 0.3 is 0 Å². The van der Waals surface area contributed by atoms with Gasteiger partial charge in [-0.05, 0) is 31.9 Å². The number of hydrogen-bond acceptors (Lipinski definition) is 4. The van der Waals surface area contributed by atoms with Crippen LogP contribution in [0.4, 0.5) is 11.6 Å². The zero-order valence-corrected chi connectivity index (χ0v) is 11.1. The molecule has 0 bridgehead atoms. The van der Waals surface area contributed by atoms with E-state index < -0.39 is 0 Å². The first-order valence-corrected chi connectivity index (χ1v) is 6.72. The summed E-state index contributed by atoms with van der Waals surface area (Å²) in [5.74, 6) is 2.24. The van der Waals surface area contributed by atoms with Gasteiger partial charge in [0.25, 0.3) is 0 Å². The third-order valence-corrected chi connectivity index (χ3v) is 3.73. The molecule has 2 aromatic heterocycles. The van der Waals surface area contributed by atoms with E-state index in [4.69, 9.17) is 5.73 Å². The Labute approximate surface area is 112 Å². The van der Waals surface area contributed by atoms with Crippen molar-refractivity contribution in [3.63, 3.8) is 0 Å². The van der Waals surface area contributed by atoms with Crippen LogP contribution < -0.4 is 10.6 Å². The van der Waals surface area contributed by atoms with E-state index >= 15 is 0 Å². The molecule has 5 heteroatoms. The first-order valence-electron chi connectivity index (χ1n) is 6.72. The van der Waals surface area contributed by atoms with Crippen molar-refractivity contribution in [3.05, 3.63) is 35.7 Å². The molecule has 1 fully saturated rings. The maximum absolute atomic E-state index is 5.68. The van der Waals surface area contributed by atoms with Gasteiger partial charge in [0.05, 0.1) is 5.69 Å². The molecule has 1 aliphatic heterocycles. The van der Waals surface area contributed by atoms with Gasteiger partial charge in [-0.1, -0.05) is 6.07 Å². The van der Waals surface area contributed by atoms with Gasteiger partial charge in [-0.2, -0.15) is 5.10 Å². The summed E-state index contributed by atoms with van der Waals surface area (Å²) in [5, 5.41) is 7.09. The lowest BCUT2D eigenvalue weighted by molar-refractivity contribution is 0.493. The molecule has 0 aromatic carbocycles. The highest BCUT2D eigenvalue weighted by Crippen LogP contribution is 2.29. The van der Waals surface area contributed by atoms with Crippen LogP contribution in [0, 0.1) is 6.92 Å². The Morgan fingerprint density at radius 3 is 2.74 bits per heavy atom. The lowest BCUT2D eigenvalue weighted by atomic mass is 9.93. The Bertz CT molecular complexity index is 554. The minimum Gasteiger partial charge on any atom is -0.384 e. The largest absolute Gasteiger partial charge is 0.384 e. The number of hydrogen-bond donors (Lipinski definition) is 2. The number of aryl methyl sites for hydroxylation is 1. The number of nitrogens with zero attached hydrogens (tertiary/aromatic N) is 3. The number of aromatic nitrogens is 3. The van der Waals surface area contributed by atoms with Crippen molar-refractivity contribution in [2.45, 2.75) is 25.7 Å². The second kappa shape index (κ2) is 4.91. The highest BCUT2D eigenvalue weighted by Gasteiger charge is 2.23. The Morgan fingerprint density at radius 2 is 2.11 bits per heavy atom. The Morgan fingerprint density at radius 1 is 1.32 bits per heavy atom. The van der Waals surface area contributed by atoms with Gasteiger partial charge in [-0.3, -0.25) is 5.10 Å². The van der Waals surface area contributed by atoms with Crippen LogP contribution in [0.15, 0.2) is 24.3 Å². The van der Waals surface area contributed by atoms with Crippen LogP contribution in [-0.4, -0.2) is 28.3 Å². The fourth-order valence-electron chi connectivity index (χ4n) is 2.67. The van der Waals surface area contributed by atoms with Crippen molar-refractivity contribution < 1.29 is 0 Å². The number of nitrogen functional groups attached to an aromatic ring is 1. The first-order chi connectivity index (χ1) is 9.22. The van der Waals surface area contributed by atoms with Gasteiger partial charge in [-0.25, -0.2) is 4.98 Å². The molecule has 2 aromatic rings. The number of H-pyrrole nitrogens is 1. The highest BCUT2D eigenvalue weighted by atomic mass is 15.2. The lowest BCUT2D eigenvalue weighted by Crippen LogP contribution is -2.33. The van der Waals surface area contributed by atoms with Crippen molar-refractivity contribution in [1.82, 2.24) is 15.2 Å². The highest BCUT2D eigenvalue weighted by molar-refractivity contribution is 5.40. The van der Waals surface area contributed by atoms with Crippen LogP contribution in [0.3, 0.4) is 0 Å². The summed E-state index contributed by atoms with van der Waals surface area (Å²) in [6.07, 6.45) is 2.19. The van der Waals surface area contributed by atoms with Gasteiger partial charge in [0.15, 0.2) is 0 Å². The van der Waals surface area contributed by atoms with Crippen LogP contribution in [0.25, 0.3) is 0 Å². The molecular formula is C14H19N5. The standard InChI is InChI=1S/C14H19N5/c1-10-3-2-4-14(16-10)19-7-5-11(6-8-19)12-9-13(15)18-17-12/h2-4,9,11H,5-8H2,1H3,(H3,15,17,18). The minimum atomic E-state index is 0.509. The van der Waals surface area contributed by atoms with E-state index in [0.29, 0.717) is 11.7 Å². The number of anilines is 2. The van der Waals surface area contributed by atoms with E-state index in [-0.39, 0.29) is 0 Å². The van der Waals surface area contributed by atoms with E-state index in [1.54, 1.807) is 0 Å². The molecule has 3 heterocycles. The summed E-state index contributed by atoms with van der Waals surface area (Å²) < 4.78 is 0. The third-order valence-electron chi connectivity index (χ3n) is 3.73. The molecule has 0 unspecified atom stereocenters. The SMILES string of the molecule is Cc1cccc(N2CCC(c3cc(N)[nH]n3)CC2)n1. The first kappa shape index (κ1) is 12.0. The molecular weight excluding hydrogens is 238 g/mol. The fourth-order valence-corrected chi connectivity index (χ4v) is 2.67. The number of aromatic amines is 1. The van der Waals surface area contributed by atoms with Crippen LogP contribution in [0.2, 0.25) is 0 Å². The van der Waals surface area contributed by atoms with Crippen LogP contribution in [0.5, 0.6) is 0 Å². The molecule has 100 valence electrons. The fraction of sp³-hybridized carbons (Fsp3) is 0.429. The summed E-state index contributed by atoms with van der Waals surface area (Å²) in [4.78, 5) is 6.93. The van der Waals surface area contributed by atoms with Crippen LogP contribution in [0.1, 0.15) is 30.1 Å². The molecule has 3 N–H and O–H groups in total. The Kier molecular flexibility index (Phi) is 3.11. The second-order valence-electron chi connectivity index (χ2n) is 5.15. The summed E-state index contributed by atoms with van der Waals surface area (Å²) in [5.41, 5.74) is 7.84. The maximum Gasteiger partial charge on any atom is 0.128 e. The van der Waals surface area contributed by atoms with Crippen LogP contribution in [-0.2, 0) is 0 Å². The summed E-state index contributed by atoms with van der Waals surface area (Å²) in [7, 11) is 0. The number of nitrogens with one attached hydrogen (secondary N) is 1. The summed E-state index contributed by atoms with van der Waals surface area (Å²) in [6.45, 7) is 4.07. The topological polar surface area (TPSA) is 70.8 Å². The predicted octanol–water partition coefficient (Wildman–Crippen LogP) is 2.08. The number of rotatable bonds is 2. The van der Waals surface area contributed by atoms with Gasteiger partial charge in [0.2, 0.25) is 0 Å². The van der Waals surface area contributed by atoms with Crippen LogP contribution >= 0.6 is 0 Å². The molecule has 1 saturated heterocycles. The van der Waals surface area contributed by atoms with E-state index in [0.717, 1.165) is 43.1 Å². The smallest absolute Gasteiger partial charge is 0.128 e. The summed E-state index contributed by atoms with van der Waals surface area (Å²) in [6, 6.07) is 8.13. The average Bonchev–Trinajstić information content (AvgIpc) is 2.86. The number of pyridine rings is 1. The zero-order valence-electron chi connectivity index (χ0n) is 11.1. The van der Waals surface area contributed by atoms with Crippen molar-refractivity contribution in [2.24, 2.45) is 0 Å². The number of nitrogens with two attached hydrogens (primary N) is 1. The number of piperidine rings is 1. The van der Waals surface area contributed by atoms with E-state index in [1.807, 2.05) is 19.1 Å². The quantitative estimate of drug-likeness (QED) is 0.864. The maximum atomic E-state index is 5.68. The molecule has 19 heavy (non-hydrogen) atoms. The Hall–Kier alpha value is -2.04. The normalized spacial score (nSPS) is 16.8. The molecule has 0 aliphatic carbocycles. The van der Waals surface area contributed by atoms with E-state index in [9.17, 15) is 0 Å². The van der Waals surface area contributed by atoms with E-state index in [2.05, 4.69) is 32.2 Å². The van der Waals surface area contributed by atoms with Crippen molar-refractivity contribution in [3.8, 4) is 0 Å². The zero-order chi connectivity index (χ0) is 13.2. The summed E-state index contributed by atoms with van der Waals surface area (Å²) >= 11 is 0. The molecule has 0 saturated carbocycles. The van der Waals surface area contributed by atoms with Gasteiger partial charge in [-0.15, -0.1) is 0 Å². The van der Waals surface area contributed by atoms with E-state index in [1.165, 1.54) is 0 Å². The van der Waals surface area contributed by atoms with Crippen molar-refractivity contribution in [1.29, 1.82) is 0 Å². The molecule has 3 rings (SSSR count). The molecule has 0 atom stereocenters. The van der Waals surface area contributed by atoms with Crippen molar-refractivity contribution in [2.75, 3.05) is 23.7 Å². The predicted molar refractivity (Wildman–Crippen MR) is 76.2 cm³/mol. The average molecular weight is 257 g/mol. The monoisotopic (exact) mass is 257 g/mol. The Balaban J connectivity index is 1.66. The van der Waals surface area contributed by atoms with Crippen molar-refractivity contribution >= 4 is 11.6 Å². The molecule has 1 aliphatic rings. The minimum absolute atomic E-state index is 0.509.